The highest BCUT2D eigenvalue weighted by Gasteiger charge is 2.20. The van der Waals surface area contributed by atoms with Crippen LogP contribution in [0, 0.1) is 0 Å². The Labute approximate surface area is 77.7 Å². The number of likely N-dealkylation sites (N-methyl/N-ethyl adjacent to an activating group) is 1. The molecule has 0 spiro atoms. The van der Waals surface area contributed by atoms with Gasteiger partial charge in [-0.05, 0) is 13.8 Å². The van der Waals surface area contributed by atoms with E-state index in [2.05, 4.69) is 4.72 Å². The van der Waals surface area contributed by atoms with Crippen LogP contribution in [-0.4, -0.2) is 43.4 Å². The van der Waals surface area contributed by atoms with Crippen LogP contribution >= 0.6 is 0 Å². The summed E-state index contributed by atoms with van der Waals surface area (Å²) in [5.74, 6) is -1.18. The molecule has 0 unspecified atom stereocenters. The largest absolute Gasteiger partial charge is 0.480 e. The first-order valence-corrected chi connectivity index (χ1v) is 5.15. The fourth-order valence-electron chi connectivity index (χ4n) is 0.663. The highest BCUT2D eigenvalue weighted by molar-refractivity contribution is 7.87. The summed E-state index contributed by atoms with van der Waals surface area (Å²) in [6.45, 7) is 2.78. The van der Waals surface area contributed by atoms with E-state index in [1.807, 2.05) is 0 Å². The smallest absolute Gasteiger partial charge is 0.318 e. The fourth-order valence-corrected chi connectivity index (χ4v) is 1.72. The van der Waals surface area contributed by atoms with Gasteiger partial charge < -0.3 is 5.11 Å². The minimum Gasteiger partial charge on any atom is -0.480 e. The number of rotatable bonds is 5. The Bertz CT molecular complexity index is 272. The number of nitrogens with one attached hydrogen (secondary N) is 1. The first-order valence-electron chi connectivity index (χ1n) is 3.71. The van der Waals surface area contributed by atoms with E-state index in [0.717, 1.165) is 4.31 Å². The fraction of sp³-hybridized carbons (Fsp3) is 0.833. The minimum atomic E-state index is -3.65. The van der Waals surface area contributed by atoms with Crippen LogP contribution in [0.3, 0.4) is 0 Å². The minimum absolute atomic E-state index is 0.249. The number of carboxylic acid groups (broad SMARTS) is 1. The van der Waals surface area contributed by atoms with Gasteiger partial charge in [0, 0.05) is 13.1 Å². The van der Waals surface area contributed by atoms with Crippen molar-refractivity contribution >= 4 is 16.2 Å². The number of aliphatic carboxylic acids is 1. The van der Waals surface area contributed by atoms with Crippen molar-refractivity contribution in [3.63, 3.8) is 0 Å². The van der Waals surface area contributed by atoms with E-state index < -0.39 is 22.7 Å². The molecular formula is C6H14N2O4S. The molecule has 0 aromatic rings. The summed E-state index contributed by atoms with van der Waals surface area (Å²) >= 11 is 0. The Morgan fingerprint density at radius 3 is 2.31 bits per heavy atom. The quantitative estimate of drug-likeness (QED) is 0.625. The van der Waals surface area contributed by atoms with E-state index in [1.165, 1.54) is 7.05 Å². The molecule has 0 amide bonds. The highest BCUT2D eigenvalue weighted by Crippen LogP contribution is 1.94. The molecule has 0 heterocycles. The lowest BCUT2D eigenvalue weighted by Crippen LogP contribution is -2.43. The van der Waals surface area contributed by atoms with Crippen molar-refractivity contribution < 1.29 is 18.3 Å². The molecule has 13 heavy (non-hydrogen) atoms. The van der Waals surface area contributed by atoms with Gasteiger partial charge in [-0.25, -0.2) is 0 Å². The van der Waals surface area contributed by atoms with E-state index in [-0.39, 0.29) is 6.04 Å². The molecule has 78 valence electrons. The predicted molar refractivity (Wildman–Crippen MR) is 47.5 cm³/mol. The predicted octanol–water partition coefficient (Wildman–Crippen LogP) is -0.754. The van der Waals surface area contributed by atoms with Crippen LogP contribution in [0.15, 0.2) is 0 Å². The lowest BCUT2D eigenvalue weighted by Gasteiger charge is -2.17. The monoisotopic (exact) mass is 210 g/mol. The second-order valence-electron chi connectivity index (χ2n) is 2.93. The van der Waals surface area contributed by atoms with E-state index in [1.54, 1.807) is 13.8 Å². The first kappa shape index (κ1) is 12.3. The first-order chi connectivity index (χ1) is 5.75. The maximum atomic E-state index is 11.2. The molecule has 7 heteroatoms. The third kappa shape index (κ3) is 4.81. The van der Waals surface area contributed by atoms with Gasteiger partial charge in [-0.3, -0.25) is 4.79 Å². The van der Waals surface area contributed by atoms with Gasteiger partial charge in [0.2, 0.25) is 0 Å². The molecule has 0 aliphatic carbocycles. The van der Waals surface area contributed by atoms with Crippen molar-refractivity contribution in [3.8, 4) is 0 Å². The van der Waals surface area contributed by atoms with Gasteiger partial charge in [-0.1, -0.05) is 0 Å². The molecule has 0 saturated carbocycles. The average molecular weight is 210 g/mol. The third-order valence-corrected chi connectivity index (χ3v) is 2.87. The molecular weight excluding hydrogens is 196 g/mol. The Morgan fingerprint density at radius 2 is 2.00 bits per heavy atom. The van der Waals surface area contributed by atoms with Crippen LogP contribution in [0.4, 0.5) is 0 Å². The molecule has 0 aliphatic rings. The Balaban J connectivity index is 4.37. The Hall–Kier alpha value is -0.660. The van der Waals surface area contributed by atoms with Crippen LogP contribution in [0.1, 0.15) is 13.8 Å². The summed E-state index contributed by atoms with van der Waals surface area (Å²) in [6, 6.07) is -0.249. The normalized spacial score (nSPS) is 12.4. The van der Waals surface area contributed by atoms with Gasteiger partial charge in [0.25, 0.3) is 10.2 Å². The second-order valence-corrected chi connectivity index (χ2v) is 4.74. The zero-order chi connectivity index (χ0) is 10.6. The summed E-state index contributed by atoms with van der Waals surface area (Å²) in [7, 11) is -2.44. The van der Waals surface area contributed by atoms with Crippen LogP contribution in [0.5, 0.6) is 0 Å². The third-order valence-electron chi connectivity index (χ3n) is 1.15. The second kappa shape index (κ2) is 4.54. The molecule has 0 saturated heterocycles. The molecule has 0 aromatic heterocycles. The summed E-state index contributed by atoms with van der Waals surface area (Å²) < 4.78 is 25.5. The summed E-state index contributed by atoms with van der Waals surface area (Å²) in [5.41, 5.74) is 0. The summed E-state index contributed by atoms with van der Waals surface area (Å²) in [5, 5.41) is 8.35. The van der Waals surface area contributed by atoms with Gasteiger partial charge in [-0.15, -0.1) is 0 Å². The molecule has 0 bridgehead atoms. The molecule has 0 fully saturated rings. The zero-order valence-electron chi connectivity index (χ0n) is 7.81. The van der Waals surface area contributed by atoms with Crippen molar-refractivity contribution in [2.45, 2.75) is 19.9 Å². The molecule has 0 aliphatic heterocycles. The van der Waals surface area contributed by atoms with Gasteiger partial charge in [0.15, 0.2) is 0 Å². The average Bonchev–Trinajstić information content (AvgIpc) is 1.81. The van der Waals surface area contributed by atoms with E-state index in [9.17, 15) is 13.2 Å². The number of carboxylic acids is 1. The number of carbonyl (C=O) groups is 1. The summed E-state index contributed by atoms with van der Waals surface area (Å²) in [6.07, 6.45) is 0. The highest BCUT2D eigenvalue weighted by atomic mass is 32.2. The van der Waals surface area contributed by atoms with Crippen LogP contribution in [0.2, 0.25) is 0 Å². The number of nitrogens with zero attached hydrogens (tertiary/aromatic N) is 1. The maximum absolute atomic E-state index is 11.2. The number of hydrogen-bond acceptors (Lipinski definition) is 3. The van der Waals surface area contributed by atoms with Crippen molar-refractivity contribution in [1.29, 1.82) is 0 Å². The maximum Gasteiger partial charge on any atom is 0.318 e. The molecule has 0 radical (unpaired) electrons. The lowest BCUT2D eigenvalue weighted by molar-refractivity contribution is -0.137. The van der Waals surface area contributed by atoms with E-state index in [0.29, 0.717) is 0 Å². The van der Waals surface area contributed by atoms with Crippen molar-refractivity contribution in [3.05, 3.63) is 0 Å². The topological polar surface area (TPSA) is 86.7 Å². The van der Waals surface area contributed by atoms with Gasteiger partial charge in [0.05, 0.1) is 0 Å². The van der Waals surface area contributed by atoms with Gasteiger partial charge in [-0.2, -0.15) is 17.4 Å². The number of hydrogen-bond donors (Lipinski definition) is 2. The van der Waals surface area contributed by atoms with E-state index >= 15 is 0 Å². The zero-order valence-corrected chi connectivity index (χ0v) is 8.63. The van der Waals surface area contributed by atoms with Gasteiger partial charge >= 0.3 is 5.97 Å². The van der Waals surface area contributed by atoms with Crippen molar-refractivity contribution in [1.82, 2.24) is 9.03 Å². The molecule has 0 aromatic carbocycles. The Kier molecular flexibility index (Phi) is 4.31. The van der Waals surface area contributed by atoms with Crippen LogP contribution in [0.25, 0.3) is 0 Å². The SMILES string of the molecule is CC(C)NS(=O)(=O)N(C)CC(=O)O. The van der Waals surface area contributed by atoms with Crippen molar-refractivity contribution in [2.75, 3.05) is 13.6 Å². The Morgan fingerprint density at radius 1 is 1.54 bits per heavy atom. The van der Waals surface area contributed by atoms with E-state index in [4.69, 9.17) is 5.11 Å². The van der Waals surface area contributed by atoms with Crippen LogP contribution in [-0.2, 0) is 15.0 Å². The van der Waals surface area contributed by atoms with Gasteiger partial charge in [0.1, 0.15) is 6.54 Å². The molecule has 2 N–H and O–H groups in total. The standard InChI is InChI=1S/C6H14N2O4S/c1-5(2)7-13(11,12)8(3)4-6(9)10/h5,7H,4H2,1-3H3,(H,9,10). The van der Waals surface area contributed by atoms with Crippen LogP contribution < -0.4 is 4.72 Å². The summed E-state index contributed by atoms with van der Waals surface area (Å²) in [4.78, 5) is 10.2. The molecule has 6 nitrogen and oxygen atoms in total. The molecule has 0 atom stereocenters. The lowest BCUT2D eigenvalue weighted by atomic mass is 10.4. The van der Waals surface area contributed by atoms with Crippen molar-refractivity contribution in [2.24, 2.45) is 0 Å². The molecule has 0 rings (SSSR count).